The second kappa shape index (κ2) is 5.06. The minimum Gasteiger partial charge on any atom is -0.398 e. The third kappa shape index (κ3) is 2.98. The summed E-state index contributed by atoms with van der Waals surface area (Å²) in [5, 5.41) is 0. The van der Waals surface area contributed by atoms with Crippen molar-refractivity contribution in [3.05, 3.63) is 23.8 Å². The lowest BCUT2D eigenvalue weighted by atomic mass is 10.2. The highest BCUT2D eigenvalue weighted by Crippen LogP contribution is 2.25. The summed E-state index contributed by atoms with van der Waals surface area (Å²) in [5.41, 5.74) is 6.76. The molecule has 0 aliphatic carbocycles. The van der Waals surface area contributed by atoms with Crippen LogP contribution in [0, 0.1) is 12.8 Å². The van der Waals surface area contributed by atoms with Crippen molar-refractivity contribution in [2.45, 2.75) is 25.7 Å². The summed E-state index contributed by atoms with van der Waals surface area (Å²) in [6, 6.07) is 5.13. The molecule has 0 radical (unpaired) electrons. The standard InChI is InChI=1S/C12H20N2O2S/c1-9(2)8-14(4)17(15,16)12-10(3)6-5-7-11(12)13/h5-7,9H,8,13H2,1-4H3. The number of benzene rings is 1. The number of anilines is 1. The maximum absolute atomic E-state index is 12.4. The predicted octanol–water partition coefficient (Wildman–Crippen LogP) is 1.85. The summed E-state index contributed by atoms with van der Waals surface area (Å²) in [6.45, 7) is 6.20. The van der Waals surface area contributed by atoms with Crippen molar-refractivity contribution in [3.63, 3.8) is 0 Å². The fourth-order valence-electron chi connectivity index (χ4n) is 1.80. The maximum Gasteiger partial charge on any atom is 0.245 e. The molecule has 0 aliphatic heterocycles. The molecule has 17 heavy (non-hydrogen) atoms. The van der Waals surface area contributed by atoms with Crippen LogP contribution in [0.25, 0.3) is 0 Å². The topological polar surface area (TPSA) is 63.4 Å². The van der Waals surface area contributed by atoms with Gasteiger partial charge in [0.15, 0.2) is 0 Å². The number of rotatable bonds is 4. The molecule has 0 bridgehead atoms. The molecule has 4 nitrogen and oxygen atoms in total. The zero-order valence-electron chi connectivity index (χ0n) is 10.8. The Hall–Kier alpha value is -1.07. The number of nitrogens with zero attached hydrogens (tertiary/aromatic N) is 1. The van der Waals surface area contributed by atoms with Crippen molar-refractivity contribution in [2.75, 3.05) is 19.3 Å². The van der Waals surface area contributed by atoms with E-state index in [1.807, 2.05) is 13.8 Å². The Bertz CT molecular complexity index is 475. The molecule has 2 N–H and O–H groups in total. The van der Waals surface area contributed by atoms with Crippen LogP contribution in [0.15, 0.2) is 23.1 Å². The van der Waals surface area contributed by atoms with Gasteiger partial charge in [-0.05, 0) is 24.5 Å². The van der Waals surface area contributed by atoms with E-state index in [1.165, 1.54) is 4.31 Å². The molecule has 1 aromatic rings. The third-order valence-corrected chi connectivity index (χ3v) is 4.58. The van der Waals surface area contributed by atoms with Gasteiger partial charge in [-0.15, -0.1) is 0 Å². The number of aryl methyl sites for hydroxylation is 1. The predicted molar refractivity (Wildman–Crippen MR) is 70.2 cm³/mol. The van der Waals surface area contributed by atoms with E-state index < -0.39 is 10.0 Å². The van der Waals surface area contributed by atoms with Crippen LogP contribution in [-0.2, 0) is 10.0 Å². The van der Waals surface area contributed by atoms with Crippen molar-refractivity contribution in [1.29, 1.82) is 0 Å². The van der Waals surface area contributed by atoms with Crippen molar-refractivity contribution in [2.24, 2.45) is 5.92 Å². The molecule has 0 aromatic heterocycles. The van der Waals surface area contributed by atoms with Gasteiger partial charge in [0, 0.05) is 13.6 Å². The third-order valence-electron chi connectivity index (χ3n) is 2.53. The normalized spacial score (nSPS) is 12.4. The summed E-state index contributed by atoms with van der Waals surface area (Å²) < 4.78 is 26.1. The monoisotopic (exact) mass is 256 g/mol. The van der Waals surface area contributed by atoms with Crippen LogP contribution < -0.4 is 5.73 Å². The molecule has 96 valence electrons. The number of sulfonamides is 1. The number of nitrogen functional groups attached to an aromatic ring is 1. The summed E-state index contributed by atoms with van der Waals surface area (Å²) in [4.78, 5) is 0.225. The van der Waals surface area contributed by atoms with Gasteiger partial charge < -0.3 is 5.73 Å². The first kappa shape index (κ1) is 14.0. The lowest BCUT2D eigenvalue weighted by molar-refractivity contribution is 0.417. The van der Waals surface area contributed by atoms with E-state index >= 15 is 0 Å². The van der Waals surface area contributed by atoms with E-state index in [2.05, 4.69) is 0 Å². The van der Waals surface area contributed by atoms with Gasteiger partial charge in [0.1, 0.15) is 4.90 Å². The SMILES string of the molecule is Cc1cccc(N)c1S(=O)(=O)N(C)CC(C)C. The molecule has 0 saturated heterocycles. The first-order valence-electron chi connectivity index (χ1n) is 5.58. The molecule has 0 unspecified atom stereocenters. The Labute approximate surface area is 103 Å². The Morgan fingerprint density at radius 1 is 1.35 bits per heavy atom. The first-order chi connectivity index (χ1) is 7.76. The van der Waals surface area contributed by atoms with Crippen molar-refractivity contribution in [3.8, 4) is 0 Å². The molecule has 0 atom stereocenters. The molecule has 0 fully saturated rings. The molecule has 0 heterocycles. The van der Waals surface area contributed by atoms with Gasteiger partial charge in [-0.25, -0.2) is 12.7 Å². The summed E-state index contributed by atoms with van der Waals surface area (Å²) >= 11 is 0. The highest BCUT2D eigenvalue weighted by atomic mass is 32.2. The van der Waals surface area contributed by atoms with Gasteiger partial charge in [0.2, 0.25) is 10.0 Å². The fourth-order valence-corrected chi connectivity index (χ4v) is 3.44. The second-order valence-corrected chi connectivity index (χ2v) is 6.65. The Kier molecular flexibility index (Phi) is 4.16. The van der Waals surface area contributed by atoms with Gasteiger partial charge in [-0.2, -0.15) is 0 Å². The molecule has 0 spiro atoms. The van der Waals surface area contributed by atoms with Crippen LogP contribution in [-0.4, -0.2) is 26.3 Å². The van der Waals surface area contributed by atoms with Gasteiger partial charge >= 0.3 is 0 Å². The van der Waals surface area contributed by atoms with Crippen molar-refractivity contribution < 1.29 is 8.42 Å². The quantitative estimate of drug-likeness (QED) is 0.836. The average molecular weight is 256 g/mol. The molecule has 1 rings (SSSR count). The molecule has 5 heteroatoms. The van der Waals surface area contributed by atoms with Gasteiger partial charge in [0.25, 0.3) is 0 Å². The molecule has 1 aromatic carbocycles. The highest BCUT2D eigenvalue weighted by molar-refractivity contribution is 7.89. The zero-order chi connectivity index (χ0) is 13.2. The molecule has 0 saturated carbocycles. The number of hydrogen-bond donors (Lipinski definition) is 1. The van der Waals surface area contributed by atoms with Crippen LogP contribution in [0.4, 0.5) is 5.69 Å². The van der Waals surface area contributed by atoms with Crippen molar-refractivity contribution in [1.82, 2.24) is 4.31 Å². The maximum atomic E-state index is 12.4. The summed E-state index contributed by atoms with van der Waals surface area (Å²) in [5.74, 6) is 0.278. The Morgan fingerprint density at radius 3 is 2.41 bits per heavy atom. The zero-order valence-corrected chi connectivity index (χ0v) is 11.6. The van der Waals surface area contributed by atoms with Gasteiger partial charge in [0.05, 0.1) is 5.69 Å². The van der Waals surface area contributed by atoms with Crippen LogP contribution in [0.1, 0.15) is 19.4 Å². The van der Waals surface area contributed by atoms with Crippen LogP contribution in [0.5, 0.6) is 0 Å². The van der Waals surface area contributed by atoms with Gasteiger partial charge in [-0.1, -0.05) is 26.0 Å². The Morgan fingerprint density at radius 2 is 1.94 bits per heavy atom. The van der Waals surface area contributed by atoms with Crippen LogP contribution >= 0.6 is 0 Å². The van der Waals surface area contributed by atoms with Crippen LogP contribution in [0.3, 0.4) is 0 Å². The minimum absolute atomic E-state index is 0.225. The summed E-state index contributed by atoms with van der Waals surface area (Å²) in [7, 11) is -1.90. The van der Waals surface area contributed by atoms with E-state index in [0.29, 0.717) is 17.8 Å². The van der Waals surface area contributed by atoms with E-state index in [0.717, 1.165) is 0 Å². The second-order valence-electron chi connectivity index (χ2n) is 4.67. The number of nitrogens with two attached hydrogens (primary N) is 1. The highest BCUT2D eigenvalue weighted by Gasteiger charge is 2.25. The van der Waals surface area contributed by atoms with Crippen LogP contribution in [0.2, 0.25) is 0 Å². The molecule has 0 aliphatic rings. The van der Waals surface area contributed by atoms with E-state index in [4.69, 9.17) is 5.73 Å². The van der Waals surface area contributed by atoms with Gasteiger partial charge in [-0.3, -0.25) is 0 Å². The Balaban J connectivity index is 3.22. The largest absolute Gasteiger partial charge is 0.398 e. The van der Waals surface area contributed by atoms with E-state index in [9.17, 15) is 8.42 Å². The smallest absolute Gasteiger partial charge is 0.245 e. The molecular formula is C12H20N2O2S. The lowest BCUT2D eigenvalue weighted by Crippen LogP contribution is -2.31. The molecular weight excluding hydrogens is 236 g/mol. The first-order valence-corrected chi connectivity index (χ1v) is 7.02. The van der Waals surface area contributed by atoms with E-state index in [1.54, 1.807) is 32.2 Å². The average Bonchev–Trinajstić information content (AvgIpc) is 2.15. The molecule has 0 amide bonds. The fraction of sp³-hybridized carbons (Fsp3) is 0.500. The lowest BCUT2D eigenvalue weighted by Gasteiger charge is -2.21. The van der Waals surface area contributed by atoms with E-state index in [-0.39, 0.29) is 10.8 Å². The summed E-state index contributed by atoms with van der Waals surface area (Å²) in [6.07, 6.45) is 0. The number of hydrogen-bond acceptors (Lipinski definition) is 3. The minimum atomic E-state index is -3.49. The van der Waals surface area contributed by atoms with Crippen molar-refractivity contribution >= 4 is 15.7 Å².